The van der Waals surface area contributed by atoms with Gasteiger partial charge in [-0.15, -0.1) is 5.10 Å². The van der Waals surface area contributed by atoms with Crippen LogP contribution in [0.15, 0.2) is 12.3 Å². The van der Waals surface area contributed by atoms with Crippen LogP contribution in [0, 0.1) is 5.41 Å². The number of thiocarbonyl (C=S) groups is 1. The Morgan fingerprint density at radius 2 is 2.35 bits per heavy atom. The normalized spacial score (nSPS) is 22.4. The van der Waals surface area contributed by atoms with Crippen molar-refractivity contribution in [2.75, 3.05) is 5.32 Å². The zero-order valence-electron chi connectivity index (χ0n) is 10.2. The second-order valence-corrected chi connectivity index (χ2v) is 5.68. The molecule has 17 heavy (non-hydrogen) atoms. The van der Waals surface area contributed by atoms with Gasteiger partial charge in [0.2, 0.25) is 0 Å². The summed E-state index contributed by atoms with van der Waals surface area (Å²) < 4.78 is 0. The first-order valence-electron chi connectivity index (χ1n) is 5.89. The smallest absolute Gasteiger partial charge is 0.159 e. The van der Waals surface area contributed by atoms with E-state index in [2.05, 4.69) is 29.4 Å². The lowest BCUT2D eigenvalue weighted by Crippen LogP contribution is -2.32. The molecule has 1 unspecified atom stereocenters. The molecule has 4 nitrogen and oxygen atoms in total. The third-order valence-corrected chi connectivity index (χ3v) is 3.77. The molecule has 1 heterocycles. The second kappa shape index (κ2) is 4.56. The molecule has 1 aliphatic carbocycles. The summed E-state index contributed by atoms with van der Waals surface area (Å²) in [4.78, 5) is 0.359. The Morgan fingerprint density at radius 3 is 2.94 bits per heavy atom. The molecule has 0 saturated heterocycles. The topological polar surface area (TPSA) is 63.8 Å². The molecule has 0 bridgehead atoms. The fourth-order valence-electron chi connectivity index (χ4n) is 2.40. The lowest BCUT2D eigenvalue weighted by molar-refractivity contribution is 0.349. The van der Waals surface area contributed by atoms with Crippen molar-refractivity contribution < 1.29 is 0 Å². The van der Waals surface area contributed by atoms with Gasteiger partial charge in [-0.1, -0.05) is 32.5 Å². The van der Waals surface area contributed by atoms with Gasteiger partial charge >= 0.3 is 0 Å². The van der Waals surface area contributed by atoms with Crippen LogP contribution < -0.4 is 11.1 Å². The number of nitrogens with two attached hydrogens (primary N) is 1. The van der Waals surface area contributed by atoms with E-state index in [9.17, 15) is 0 Å². The Kier molecular flexibility index (Phi) is 3.28. The van der Waals surface area contributed by atoms with Gasteiger partial charge in [0.25, 0.3) is 0 Å². The van der Waals surface area contributed by atoms with E-state index in [1.54, 1.807) is 12.3 Å². The molecular formula is C12H18N4S. The summed E-state index contributed by atoms with van der Waals surface area (Å²) in [6, 6.07) is 2.21. The average Bonchev–Trinajstić information content (AvgIpc) is 2.59. The van der Waals surface area contributed by atoms with Gasteiger partial charge in [0, 0.05) is 6.04 Å². The Morgan fingerprint density at radius 1 is 1.59 bits per heavy atom. The van der Waals surface area contributed by atoms with E-state index in [0.717, 1.165) is 12.0 Å². The van der Waals surface area contributed by atoms with E-state index in [4.69, 9.17) is 18.0 Å². The van der Waals surface area contributed by atoms with Crippen LogP contribution in [0.3, 0.4) is 0 Å². The van der Waals surface area contributed by atoms with E-state index in [1.165, 1.54) is 12.8 Å². The minimum Gasteiger partial charge on any atom is -0.389 e. The fraction of sp³-hybridized carbons (Fsp3) is 0.583. The van der Waals surface area contributed by atoms with Gasteiger partial charge in [-0.3, -0.25) is 0 Å². The summed E-state index contributed by atoms with van der Waals surface area (Å²) in [5, 5.41) is 11.4. The van der Waals surface area contributed by atoms with Gasteiger partial charge in [0.1, 0.15) is 4.99 Å². The van der Waals surface area contributed by atoms with Crippen molar-refractivity contribution in [3.63, 3.8) is 0 Å². The maximum atomic E-state index is 5.68. The number of anilines is 1. The molecule has 3 N–H and O–H groups in total. The molecule has 5 heteroatoms. The molecule has 2 rings (SSSR count). The van der Waals surface area contributed by atoms with Crippen molar-refractivity contribution in [1.29, 1.82) is 0 Å². The van der Waals surface area contributed by atoms with Crippen LogP contribution in [-0.2, 0) is 0 Å². The molecule has 92 valence electrons. The summed E-state index contributed by atoms with van der Waals surface area (Å²) in [6.07, 6.45) is 5.24. The van der Waals surface area contributed by atoms with Gasteiger partial charge in [0.05, 0.1) is 11.8 Å². The van der Waals surface area contributed by atoms with E-state index in [0.29, 0.717) is 16.8 Å². The lowest BCUT2D eigenvalue weighted by Gasteiger charge is -2.28. The molecule has 1 atom stereocenters. The van der Waals surface area contributed by atoms with Gasteiger partial charge in [-0.05, 0) is 24.3 Å². The zero-order chi connectivity index (χ0) is 12.5. The maximum Gasteiger partial charge on any atom is 0.159 e. The number of hydrogen-bond acceptors (Lipinski definition) is 4. The lowest BCUT2D eigenvalue weighted by atomic mass is 9.87. The van der Waals surface area contributed by atoms with Crippen LogP contribution >= 0.6 is 12.2 Å². The SMILES string of the molecule is CC1(C)CCCC1Nc1nnccc1C(N)=S. The van der Waals surface area contributed by atoms with Gasteiger partial charge < -0.3 is 11.1 Å². The standard InChI is InChI=1S/C12H18N4S/c1-12(2)6-3-4-9(12)15-11-8(10(13)17)5-7-14-16-11/h5,7,9H,3-4,6H2,1-2H3,(H2,13,17)(H,15,16). The third-order valence-electron chi connectivity index (χ3n) is 3.55. The van der Waals surface area contributed by atoms with Gasteiger partial charge in [0.15, 0.2) is 5.82 Å². The molecule has 1 saturated carbocycles. The Bertz CT molecular complexity index is 430. The number of nitrogens with one attached hydrogen (secondary N) is 1. The van der Waals surface area contributed by atoms with Gasteiger partial charge in [-0.25, -0.2) is 0 Å². The van der Waals surface area contributed by atoms with Crippen molar-refractivity contribution >= 4 is 23.0 Å². The zero-order valence-corrected chi connectivity index (χ0v) is 11.0. The van der Waals surface area contributed by atoms with Gasteiger partial charge in [-0.2, -0.15) is 5.10 Å². The maximum absolute atomic E-state index is 5.68. The minimum atomic E-state index is 0.283. The van der Waals surface area contributed by atoms with E-state index >= 15 is 0 Å². The number of rotatable bonds is 3. The third kappa shape index (κ3) is 2.54. The quantitative estimate of drug-likeness (QED) is 0.804. The number of hydrogen-bond donors (Lipinski definition) is 2. The molecule has 1 aromatic rings. The molecule has 1 fully saturated rings. The highest BCUT2D eigenvalue weighted by molar-refractivity contribution is 7.80. The highest BCUT2D eigenvalue weighted by Gasteiger charge is 2.34. The highest BCUT2D eigenvalue weighted by Crippen LogP contribution is 2.38. The molecule has 0 aliphatic heterocycles. The van der Waals surface area contributed by atoms with E-state index < -0.39 is 0 Å². The van der Waals surface area contributed by atoms with Crippen LogP contribution in [-0.4, -0.2) is 21.2 Å². The van der Waals surface area contributed by atoms with Crippen molar-refractivity contribution in [2.45, 2.75) is 39.2 Å². The Hall–Kier alpha value is -1.23. The monoisotopic (exact) mass is 250 g/mol. The van der Waals surface area contributed by atoms with E-state index in [1.807, 2.05) is 0 Å². The first-order chi connectivity index (χ1) is 8.00. The molecule has 0 radical (unpaired) electrons. The highest BCUT2D eigenvalue weighted by atomic mass is 32.1. The summed E-state index contributed by atoms with van der Waals surface area (Å²) in [6.45, 7) is 4.54. The predicted molar refractivity (Wildman–Crippen MR) is 73.0 cm³/mol. The van der Waals surface area contributed by atoms with Crippen molar-refractivity contribution in [2.24, 2.45) is 11.1 Å². The number of aromatic nitrogens is 2. The molecule has 0 aromatic carbocycles. The minimum absolute atomic E-state index is 0.283. The Balaban J connectivity index is 2.21. The summed E-state index contributed by atoms with van der Waals surface area (Å²) >= 11 is 5.02. The van der Waals surface area contributed by atoms with Crippen molar-refractivity contribution in [3.05, 3.63) is 17.8 Å². The molecule has 1 aromatic heterocycles. The summed E-state index contributed by atoms with van der Waals surface area (Å²) in [5.74, 6) is 0.708. The predicted octanol–water partition coefficient (Wildman–Crippen LogP) is 2.10. The molecule has 1 aliphatic rings. The van der Waals surface area contributed by atoms with Crippen LogP contribution in [0.25, 0.3) is 0 Å². The Labute approximate surface area is 107 Å². The average molecular weight is 250 g/mol. The molecule has 0 spiro atoms. The van der Waals surface area contributed by atoms with Crippen LogP contribution in [0.5, 0.6) is 0 Å². The van der Waals surface area contributed by atoms with Crippen molar-refractivity contribution in [1.82, 2.24) is 10.2 Å². The fourth-order valence-corrected chi connectivity index (χ4v) is 2.56. The first-order valence-corrected chi connectivity index (χ1v) is 6.29. The van der Waals surface area contributed by atoms with Crippen LogP contribution in [0.2, 0.25) is 0 Å². The van der Waals surface area contributed by atoms with Crippen molar-refractivity contribution in [3.8, 4) is 0 Å². The first kappa shape index (κ1) is 12.2. The van der Waals surface area contributed by atoms with E-state index in [-0.39, 0.29) is 5.41 Å². The number of nitrogens with zero attached hydrogens (tertiary/aromatic N) is 2. The van der Waals surface area contributed by atoms with Crippen LogP contribution in [0.4, 0.5) is 5.82 Å². The largest absolute Gasteiger partial charge is 0.389 e. The summed E-state index contributed by atoms with van der Waals surface area (Å²) in [7, 11) is 0. The molecule has 0 amide bonds. The van der Waals surface area contributed by atoms with Crippen LogP contribution in [0.1, 0.15) is 38.7 Å². The summed E-state index contributed by atoms with van der Waals surface area (Å²) in [5.41, 5.74) is 6.74. The second-order valence-electron chi connectivity index (χ2n) is 5.24. The molecular weight excluding hydrogens is 232 g/mol.